The number of carbonyl (C=O) groups is 1. The van der Waals surface area contributed by atoms with E-state index in [1.54, 1.807) is 12.1 Å². The minimum Gasteiger partial charge on any atom is -0.403 e. The van der Waals surface area contributed by atoms with E-state index in [9.17, 15) is 9.18 Å². The van der Waals surface area contributed by atoms with Gasteiger partial charge < -0.3 is 24.7 Å². The lowest BCUT2D eigenvalue weighted by atomic mass is 10.0. The van der Waals surface area contributed by atoms with Gasteiger partial charge in [0, 0.05) is 24.2 Å². The van der Waals surface area contributed by atoms with Crippen molar-refractivity contribution in [2.24, 2.45) is 4.99 Å². The average Bonchev–Trinajstić information content (AvgIpc) is 3.35. The van der Waals surface area contributed by atoms with E-state index < -0.39 is 18.0 Å². The molecule has 0 aliphatic carbocycles. The van der Waals surface area contributed by atoms with Crippen LogP contribution in [0.4, 0.5) is 21.9 Å². The average molecular weight is 500 g/mol. The number of fused-ring (bicyclic) bond motifs is 1. The Morgan fingerprint density at radius 1 is 0.946 bits per heavy atom. The van der Waals surface area contributed by atoms with Crippen molar-refractivity contribution < 1.29 is 18.3 Å². The van der Waals surface area contributed by atoms with E-state index in [-0.39, 0.29) is 17.5 Å². The number of benzodiazepines with no additional fused rings is 1. The number of para-hydroxylation sites is 1. The summed E-state index contributed by atoms with van der Waals surface area (Å²) in [6.45, 7) is 2.41. The lowest BCUT2D eigenvalue weighted by molar-refractivity contribution is -0.116. The summed E-state index contributed by atoms with van der Waals surface area (Å²) in [5.74, 6) is -0.683. The summed E-state index contributed by atoms with van der Waals surface area (Å²) >= 11 is 0. The molecule has 2 aliphatic heterocycles. The molecule has 2 aromatic carbocycles. The number of anilines is 3. The Morgan fingerprint density at radius 3 is 2.54 bits per heavy atom. The number of aliphatic imine (C=N–C) groups is 1. The third-order valence-corrected chi connectivity index (χ3v) is 6.08. The summed E-state index contributed by atoms with van der Waals surface area (Å²) < 4.78 is 25.8. The van der Waals surface area contributed by atoms with Crippen LogP contribution in [-0.4, -0.2) is 59.3 Å². The number of nitrogens with zero attached hydrogens (tertiary/aromatic N) is 5. The van der Waals surface area contributed by atoms with E-state index in [1.807, 2.05) is 59.5 Å². The maximum absolute atomic E-state index is 14.9. The molecule has 6 rings (SSSR count). The number of rotatable bonds is 5. The van der Waals surface area contributed by atoms with Gasteiger partial charge in [0.15, 0.2) is 0 Å². The van der Waals surface area contributed by atoms with E-state index >= 15 is 0 Å². The first kappa shape index (κ1) is 22.8. The van der Waals surface area contributed by atoms with Crippen LogP contribution in [0.25, 0.3) is 11.5 Å². The minimum absolute atomic E-state index is 0.0590. The normalized spacial score (nSPS) is 17.4. The van der Waals surface area contributed by atoms with Gasteiger partial charge in [0.2, 0.25) is 12.1 Å². The van der Waals surface area contributed by atoms with Gasteiger partial charge in [0.25, 0.3) is 11.8 Å². The van der Waals surface area contributed by atoms with Crippen LogP contribution in [0.5, 0.6) is 0 Å². The van der Waals surface area contributed by atoms with Crippen molar-refractivity contribution in [3.8, 4) is 11.5 Å². The van der Waals surface area contributed by atoms with Crippen molar-refractivity contribution in [3.05, 3.63) is 83.8 Å². The third kappa shape index (κ3) is 4.64. The van der Waals surface area contributed by atoms with Gasteiger partial charge in [0.1, 0.15) is 5.82 Å². The Labute approximate surface area is 211 Å². The first-order valence-electron chi connectivity index (χ1n) is 11.8. The predicted molar refractivity (Wildman–Crippen MR) is 135 cm³/mol. The summed E-state index contributed by atoms with van der Waals surface area (Å²) in [6, 6.07) is 20.2. The molecule has 2 aromatic heterocycles. The molecular weight excluding hydrogens is 477 g/mol. The van der Waals surface area contributed by atoms with Gasteiger partial charge >= 0.3 is 6.01 Å². The molecule has 1 amide bonds. The van der Waals surface area contributed by atoms with Crippen LogP contribution in [0.1, 0.15) is 11.1 Å². The van der Waals surface area contributed by atoms with Gasteiger partial charge in [0.05, 0.1) is 30.2 Å². The maximum Gasteiger partial charge on any atom is 0.317 e. The highest BCUT2D eigenvalue weighted by Crippen LogP contribution is 2.27. The summed E-state index contributed by atoms with van der Waals surface area (Å²) in [5.41, 5.74) is 2.95. The standard InChI is InChI=1S/C26H22FN7O3/c27-22-18(10-11-20(29-22)34-12-14-36-15-13-34)25-32-33-26(37-25)31-23-24(35)28-19-9-5-4-8-17(19)21(30-23)16-6-2-1-3-7-16/h1-11,23H,12-15H2,(H,28,35)(H,31,33). The number of pyridine rings is 1. The lowest BCUT2D eigenvalue weighted by Gasteiger charge is -2.27. The molecule has 0 spiro atoms. The monoisotopic (exact) mass is 499 g/mol. The molecule has 1 atom stereocenters. The molecule has 0 saturated carbocycles. The fraction of sp³-hybridized carbons (Fsp3) is 0.192. The van der Waals surface area contributed by atoms with Gasteiger partial charge in [-0.15, -0.1) is 5.10 Å². The Morgan fingerprint density at radius 2 is 1.73 bits per heavy atom. The second-order valence-electron chi connectivity index (χ2n) is 8.45. The predicted octanol–water partition coefficient (Wildman–Crippen LogP) is 3.34. The second-order valence-corrected chi connectivity index (χ2v) is 8.45. The number of morpholine rings is 1. The zero-order valence-electron chi connectivity index (χ0n) is 19.6. The highest BCUT2D eigenvalue weighted by Gasteiger charge is 2.27. The molecule has 1 saturated heterocycles. The Balaban J connectivity index is 1.27. The van der Waals surface area contributed by atoms with Gasteiger partial charge in [-0.2, -0.15) is 4.39 Å². The molecule has 4 aromatic rings. The van der Waals surface area contributed by atoms with Crippen LogP contribution in [0, 0.1) is 5.95 Å². The number of ether oxygens (including phenoxy) is 1. The summed E-state index contributed by atoms with van der Waals surface area (Å²) in [5, 5.41) is 13.7. The molecule has 1 unspecified atom stereocenters. The van der Waals surface area contributed by atoms with Crippen molar-refractivity contribution in [1.82, 2.24) is 15.2 Å². The van der Waals surface area contributed by atoms with Crippen LogP contribution in [0.15, 0.2) is 76.1 Å². The van der Waals surface area contributed by atoms with Gasteiger partial charge in [-0.25, -0.2) is 9.98 Å². The number of aromatic nitrogens is 3. The maximum atomic E-state index is 14.9. The number of amides is 1. The van der Waals surface area contributed by atoms with Gasteiger partial charge in [-0.1, -0.05) is 53.6 Å². The molecule has 11 heteroatoms. The van der Waals surface area contributed by atoms with E-state index in [2.05, 4.69) is 30.8 Å². The number of halogens is 1. The molecule has 0 radical (unpaired) electrons. The van der Waals surface area contributed by atoms with Crippen molar-refractivity contribution in [2.45, 2.75) is 6.17 Å². The van der Waals surface area contributed by atoms with Crippen LogP contribution < -0.4 is 15.5 Å². The summed E-state index contributed by atoms with van der Waals surface area (Å²) in [7, 11) is 0. The van der Waals surface area contributed by atoms with Crippen molar-refractivity contribution in [3.63, 3.8) is 0 Å². The minimum atomic E-state index is -1.07. The van der Waals surface area contributed by atoms with E-state index in [0.29, 0.717) is 43.5 Å². The highest BCUT2D eigenvalue weighted by molar-refractivity contribution is 6.19. The Kier molecular flexibility index (Phi) is 6.03. The van der Waals surface area contributed by atoms with Crippen LogP contribution >= 0.6 is 0 Å². The number of hydrogen-bond acceptors (Lipinski definition) is 9. The first-order valence-corrected chi connectivity index (χ1v) is 11.8. The molecule has 10 nitrogen and oxygen atoms in total. The molecule has 37 heavy (non-hydrogen) atoms. The topological polar surface area (TPSA) is 118 Å². The smallest absolute Gasteiger partial charge is 0.317 e. The molecule has 2 aliphatic rings. The van der Waals surface area contributed by atoms with E-state index in [0.717, 1.165) is 11.1 Å². The number of hydrogen-bond donors (Lipinski definition) is 2. The fourth-order valence-electron chi connectivity index (χ4n) is 4.24. The number of benzene rings is 2. The molecule has 4 heterocycles. The zero-order chi connectivity index (χ0) is 25.2. The molecular formula is C26H22FN7O3. The van der Waals surface area contributed by atoms with E-state index in [1.165, 1.54) is 0 Å². The number of nitrogens with one attached hydrogen (secondary N) is 2. The van der Waals surface area contributed by atoms with E-state index in [4.69, 9.17) is 9.15 Å². The molecule has 2 N–H and O–H groups in total. The van der Waals surface area contributed by atoms with Crippen LogP contribution in [0.2, 0.25) is 0 Å². The number of carbonyl (C=O) groups excluding carboxylic acids is 1. The van der Waals surface area contributed by atoms with Crippen LogP contribution in [0.3, 0.4) is 0 Å². The fourth-order valence-corrected chi connectivity index (χ4v) is 4.24. The Bertz CT molecular complexity index is 1470. The van der Waals surface area contributed by atoms with Gasteiger partial charge in [-0.05, 0) is 18.2 Å². The zero-order valence-corrected chi connectivity index (χ0v) is 19.6. The third-order valence-electron chi connectivity index (χ3n) is 6.08. The SMILES string of the molecule is O=C1Nc2ccccc2C(c2ccccc2)=NC1Nc1nnc(-c2ccc(N3CCOCC3)nc2F)o1. The Hall–Kier alpha value is -4.64. The van der Waals surface area contributed by atoms with Crippen molar-refractivity contribution >= 4 is 29.1 Å². The first-order chi connectivity index (χ1) is 18.2. The lowest BCUT2D eigenvalue weighted by Crippen LogP contribution is -2.36. The molecule has 0 bridgehead atoms. The quantitative estimate of drug-likeness (QED) is 0.402. The van der Waals surface area contributed by atoms with Crippen molar-refractivity contribution in [1.29, 1.82) is 0 Å². The van der Waals surface area contributed by atoms with Gasteiger partial charge in [-0.3, -0.25) is 4.79 Å². The molecule has 186 valence electrons. The molecule has 1 fully saturated rings. The van der Waals surface area contributed by atoms with Crippen LogP contribution in [-0.2, 0) is 9.53 Å². The largest absolute Gasteiger partial charge is 0.403 e. The summed E-state index contributed by atoms with van der Waals surface area (Å²) in [6.07, 6.45) is -1.07. The van der Waals surface area contributed by atoms with Crippen molar-refractivity contribution in [2.75, 3.05) is 41.8 Å². The highest BCUT2D eigenvalue weighted by atomic mass is 19.1. The second kappa shape index (κ2) is 9.78. The summed E-state index contributed by atoms with van der Waals surface area (Å²) in [4.78, 5) is 23.7.